The standard InChI is InChI=1S/C37H39ClF4N10O3/c1-5-37(41,42)35(14-15-35)48-33(54)55-18-28(22-8-13-25(38)27(16-22)51-30(29(39)40)44-20-46-51)50-31(53)36(47-32(50)43,19-34(2,3)4)23-9-6-21(7-10-23)26-17-45-52(49-26)24-11-12-24/h5-10,13,16-17,20,24,28-29H,1,11-12,14-15,18-19H2,2-4H3,(H2,43,47)(H,48,54)/t28-,36-/m1/s1. The summed E-state index contributed by atoms with van der Waals surface area (Å²) in [5.41, 5.74) is -1.67. The van der Waals surface area contributed by atoms with Gasteiger partial charge in [0, 0.05) is 5.56 Å². The van der Waals surface area contributed by atoms with Crippen LogP contribution in [-0.2, 0) is 15.1 Å². The van der Waals surface area contributed by atoms with E-state index in [1.165, 1.54) is 18.2 Å². The van der Waals surface area contributed by atoms with Gasteiger partial charge in [-0.2, -0.15) is 28.9 Å². The first-order valence-electron chi connectivity index (χ1n) is 17.6. The molecule has 1 aliphatic heterocycles. The predicted molar refractivity (Wildman–Crippen MR) is 193 cm³/mol. The topological polar surface area (TPSA) is 156 Å². The molecule has 2 atom stereocenters. The Kier molecular flexibility index (Phi) is 9.50. The molecule has 2 amide bonds. The van der Waals surface area contributed by atoms with E-state index in [0.717, 1.165) is 34.3 Å². The Bertz CT molecular complexity index is 2140. The summed E-state index contributed by atoms with van der Waals surface area (Å²) in [7, 11) is 0. The molecule has 3 heterocycles. The minimum atomic E-state index is -3.41. The van der Waals surface area contributed by atoms with Crippen LogP contribution in [0.2, 0.25) is 5.02 Å². The molecule has 1 saturated heterocycles. The molecule has 0 bridgehead atoms. The Morgan fingerprint density at radius 1 is 1.16 bits per heavy atom. The van der Waals surface area contributed by atoms with Crippen molar-refractivity contribution in [2.45, 2.75) is 88.4 Å². The largest absolute Gasteiger partial charge is 0.447 e. The van der Waals surface area contributed by atoms with Gasteiger partial charge in [0.1, 0.15) is 29.7 Å². The number of rotatable bonds is 13. The van der Waals surface area contributed by atoms with Crippen LogP contribution in [-0.4, -0.2) is 70.7 Å². The van der Waals surface area contributed by atoms with E-state index in [-0.39, 0.29) is 41.5 Å². The summed E-state index contributed by atoms with van der Waals surface area (Å²) in [5.74, 6) is -5.03. The third-order valence-electron chi connectivity index (χ3n) is 10.0. The van der Waals surface area contributed by atoms with Crippen molar-refractivity contribution in [3.05, 3.63) is 89.6 Å². The fraction of sp³-hybridized carbons (Fsp3) is 0.432. The SMILES string of the molecule is C=CC(F)(F)C1(NC(=O)OC[C@H](c2ccc(Cl)c(-n3ncnc3C(F)F)c2)N2C(=N)N[C@](CC(C)(C)C)(c3ccc(-c4cnn(C5CC5)n4)cc3)C2=O)CC1. The van der Waals surface area contributed by atoms with Crippen LogP contribution >= 0.6 is 11.6 Å². The van der Waals surface area contributed by atoms with Gasteiger partial charge in [0.2, 0.25) is 0 Å². The van der Waals surface area contributed by atoms with E-state index >= 15 is 4.79 Å². The van der Waals surface area contributed by atoms with Crippen LogP contribution < -0.4 is 10.6 Å². The number of hydrogen-bond donors (Lipinski definition) is 3. The summed E-state index contributed by atoms with van der Waals surface area (Å²) in [6.07, 6.45) is 1.12. The summed E-state index contributed by atoms with van der Waals surface area (Å²) in [4.78, 5) is 34.6. The smallest absolute Gasteiger partial charge is 0.407 e. The molecule has 55 heavy (non-hydrogen) atoms. The minimum Gasteiger partial charge on any atom is -0.447 e. The van der Waals surface area contributed by atoms with Gasteiger partial charge in [-0.25, -0.2) is 23.2 Å². The lowest BCUT2D eigenvalue weighted by Gasteiger charge is -2.35. The van der Waals surface area contributed by atoms with Crippen LogP contribution in [0.3, 0.4) is 0 Å². The number of aromatic nitrogens is 6. The molecule has 2 aliphatic carbocycles. The number of amides is 2. The molecule has 3 N–H and O–H groups in total. The first kappa shape index (κ1) is 38.0. The number of nitrogens with one attached hydrogen (secondary N) is 3. The zero-order valence-electron chi connectivity index (χ0n) is 30.2. The van der Waals surface area contributed by atoms with Gasteiger partial charge >= 0.3 is 6.09 Å². The first-order chi connectivity index (χ1) is 26.0. The maximum absolute atomic E-state index is 15.0. The van der Waals surface area contributed by atoms with Gasteiger partial charge in [-0.15, -0.1) is 0 Å². The van der Waals surface area contributed by atoms with Gasteiger partial charge < -0.3 is 15.4 Å². The quantitative estimate of drug-likeness (QED) is 0.0945. The van der Waals surface area contributed by atoms with Crippen LogP contribution in [0.4, 0.5) is 22.4 Å². The third kappa shape index (κ3) is 7.16. The molecule has 4 aromatic rings. The monoisotopic (exact) mass is 782 g/mol. The van der Waals surface area contributed by atoms with Crippen LogP contribution in [0.1, 0.15) is 88.3 Å². The van der Waals surface area contributed by atoms with Gasteiger partial charge in [0.05, 0.1) is 29.0 Å². The number of ether oxygens (including phenoxy) is 1. The van der Waals surface area contributed by atoms with Crippen molar-refractivity contribution in [2.24, 2.45) is 5.41 Å². The summed E-state index contributed by atoms with van der Waals surface area (Å²) < 4.78 is 63.5. The number of benzene rings is 2. The van der Waals surface area contributed by atoms with E-state index in [9.17, 15) is 27.8 Å². The molecule has 3 aliphatic rings. The number of guanidine groups is 1. The number of alkyl carbamates (subject to hydrolysis) is 1. The Labute approximate surface area is 318 Å². The average Bonchev–Trinajstić information content (AvgIpc) is 4.00. The number of carbonyl (C=O) groups excluding carboxylic acids is 2. The van der Waals surface area contributed by atoms with E-state index in [1.54, 1.807) is 23.1 Å². The number of carbonyl (C=O) groups is 2. The van der Waals surface area contributed by atoms with Crippen molar-refractivity contribution < 1.29 is 31.9 Å². The molecule has 18 heteroatoms. The normalized spacial score (nSPS) is 20.1. The van der Waals surface area contributed by atoms with Gasteiger partial charge in [-0.3, -0.25) is 15.1 Å². The second kappa shape index (κ2) is 13.8. The van der Waals surface area contributed by atoms with Gasteiger partial charge in [0.15, 0.2) is 11.8 Å². The Balaban J connectivity index is 1.26. The fourth-order valence-corrected chi connectivity index (χ4v) is 7.20. The summed E-state index contributed by atoms with van der Waals surface area (Å²) in [5, 5.41) is 27.5. The lowest BCUT2D eigenvalue weighted by atomic mass is 9.75. The van der Waals surface area contributed by atoms with Crippen LogP contribution in [0.15, 0.2) is 67.6 Å². The van der Waals surface area contributed by atoms with E-state index in [1.807, 2.05) is 32.9 Å². The van der Waals surface area contributed by atoms with Crippen molar-refractivity contribution in [2.75, 3.05) is 6.61 Å². The van der Waals surface area contributed by atoms with E-state index in [0.29, 0.717) is 23.4 Å². The zero-order valence-corrected chi connectivity index (χ0v) is 31.0. The zero-order chi connectivity index (χ0) is 39.5. The highest BCUT2D eigenvalue weighted by Gasteiger charge is 2.62. The summed E-state index contributed by atoms with van der Waals surface area (Å²) in [6.45, 7) is 8.40. The molecular formula is C37H39ClF4N10O3. The number of nitrogens with zero attached hydrogens (tertiary/aromatic N) is 7. The molecule has 0 unspecified atom stereocenters. The van der Waals surface area contributed by atoms with Gasteiger partial charge in [-0.05, 0) is 66.9 Å². The van der Waals surface area contributed by atoms with Crippen molar-refractivity contribution in [3.8, 4) is 16.9 Å². The third-order valence-corrected chi connectivity index (χ3v) is 10.3. The Morgan fingerprint density at radius 3 is 2.49 bits per heavy atom. The molecular weight excluding hydrogens is 744 g/mol. The summed E-state index contributed by atoms with van der Waals surface area (Å²) in [6, 6.07) is 10.5. The number of halogens is 5. The first-order valence-corrected chi connectivity index (χ1v) is 18.0. The molecule has 13 nitrogen and oxygen atoms in total. The number of hydrogen-bond acceptors (Lipinski definition) is 8. The van der Waals surface area contributed by atoms with E-state index < -0.39 is 59.3 Å². The maximum Gasteiger partial charge on any atom is 0.407 e. The minimum absolute atomic E-state index is 0.0103. The van der Waals surface area contributed by atoms with Crippen molar-refractivity contribution in [3.63, 3.8) is 0 Å². The highest BCUT2D eigenvalue weighted by atomic mass is 35.5. The molecule has 2 aromatic carbocycles. The van der Waals surface area contributed by atoms with E-state index in [4.69, 9.17) is 16.3 Å². The highest BCUT2D eigenvalue weighted by Crippen LogP contribution is 2.49. The summed E-state index contributed by atoms with van der Waals surface area (Å²) >= 11 is 6.47. The second-order valence-corrected chi connectivity index (χ2v) is 15.7. The lowest BCUT2D eigenvalue weighted by molar-refractivity contribution is -0.134. The maximum atomic E-state index is 15.0. The second-order valence-electron chi connectivity index (χ2n) is 15.3. The molecule has 2 aromatic heterocycles. The molecule has 0 spiro atoms. The fourth-order valence-electron chi connectivity index (χ4n) is 7.00. The number of alkyl halides is 4. The van der Waals surface area contributed by atoms with Gasteiger partial charge in [0.25, 0.3) is 18.3 Å². The Hall–Kier alpha value is -5.32. The Morgan fingerprint density at radius 2 is 1.87 bits per heavy atom. The van der Waals surface area contributed by atoms with Crippen molar-refractivity contribution in [1.82, 2.24) is 45.3 Å². The highest BCUT2D eigenvalue weighted by molar-refractivity contribution is 6.32. The predicted octanol–water partition coefficient (Wildman–Crippen LogP) is 7.27. The molecule has 2 saturated carbocycles. The van der Waals surface area contributed by atoms with Crippen LogP contribution in [0, 0.1) is 10.8 Å². The molecule has 290 valence electrons. The van der Waals surface area contributed by atoms with Gasteiger partial charge in [-0.1, -0.05) is 69.3 Å². The van der Waals surface area contributed by atoms with E-state index in [2.05, 4.69) is 37.5 Å². The molecule has 0 radical (unpaired) electrons. The average molecular weight is 783 g/mol. The molecule has 3 fully saturated rings. The van der Waals surface area contributed by atoms with Crippen LogP contribution in [0.5, 0.6) is 0 Å². The van der Waals surface area contributed by atoms with Crippen molar-refractivity contribution in [1.29, 1.82) is 5.41 Å². The van der Waals surface area contributed by atoms with Crippen molar-refractivity contribution >= 4 is 29.6 Å². The molecule has 7 rings (SSSR count). The lowest BCUT2D eigenvalue weighted by Crippen LogP contribution is -2.50. The van der Waals surface area contributed by atoms with Crippen LogP contribution in [0.25, 0.3) is 16.9 Å².